The largest absolute Gasteiger partial charge is 0.370 e. The molecular weight excluding hydrogens is 290 g/mol. The quantitative estimate of drug-likeness (QED) is 0.939. The summed E-state index contributed by atoms with van der Waals surface area (Å²) in [6.45, 7) is 4.68. The number of nitrogens with one attached hydrogen (secondary N) is 1. The van der Waals surface area contributed by atoms with Gasteiger partial charge in [-0.05, 0) is 38.5 Å². The summed E-state index contributed by atoms with van der Waals surface area (Å²) < 4.78 is 1.84. The van der Waals surface area contributed by atoms with Crippen LogP contribution in [0.4, 0.5) is 5.82 Å². The summed E-state index contributed by atoms with van der Waals surface area (Å²) in [7, 11) is 0. The van der Waals surface area contributed by atoms with Gasteiger partial charge in [-0.15, -0.1) is 0 Å². The Labute approximate surface area is 135 Å². The van der Waals surface area contributed by atoms with Crippen molar-refractivity contribution in [1.29, 1.82) is 0 Å². The van der Waals surface area contributed by atoms with Crippen LogP contribution in [0, 0.1) is 18.8 Å². The molecule has 0 spiro atoms. The molecule has 2 aromatic heterocycles. The van der Waals surface area contributed by atoms with Gasteiger partial charge < -0.3 is 10.2 Å². The summed E-state index contributed by atoms with van der Waals surface area (Å²) in [6.07, 6.45) is 6.23. The van der Waals surface area contributed by atoms with Crippen LogP contribution in [0.25, 0.3) is 5.65 Å². The second-order valence-electron chi connectivity index (χ2n) is 6.83. The lowest BCUT2D eigenvalue weighted by molar-refractivity contribution is -0.134. The minimum Gasteiger partial charge on any atom is -0.370 e. The summed E-state index contributed by atoms with van der Waals surface area (Å²) in [5, 5.41) is 7.84. The summed E-state index contributed by atoms with van der Waals surface area (Å²) in [6, 6.07) is 3.94. The lowest BCUT2D eigenvalue weighted by atomic mass is 9.97. The first-order valence-electron chi connectivity index (χ1n) is 8.55. The molecule has 1 aliphatic heterocycles. The van der Waals surface area contributed by atoms with Crippen molar-refractivity contribution >= 4 is 17.4 Å². The maximum Gasteiger partial charge on any atom is 0.225 e. The molecule has 4 rings (SSSR count). The van der Waals surface area contributed by atoms with E-state index in [0.717, 1.165) is 56.1 Å². The molecule has 0 radical (unpaired) electrons. The van der Waals surface area contributed by atoms with Gasteiger partial charge in [-0.25, -0.2) is 4.98 Å². The van der Waals surface area contributed by atoms with Gasteiger partial charge in [0.25, 0.3) is 0 Å². The lowest BCUT2D eigenvalue weighted by Gasteiger charge is -2.33. The number of nitrogens with zero attached hydrogens (tertiary/aromatic N) is 4. The van der Waals surface area contributed by atoms with E-state index in [1.54, 1.807) is 6.20 Å². The van der Waals surface area contributed by atoms with E-state index in [1.165, 1.54) is 6.42 Å². The second kappa shape index (κ2) is 5.83. The molecule has 1 atom stereocenters. The number of aromatic nitrogens is 3. The highest BCUT2D eigenvalue weighted by molar-refractivity contribution is 5.81. The van der Waals surface area contributed by atoms with Crippen molar-refractivity contribution in [2.75, 3.05) is 25.0 Å². The van der Waals surface area contributed by atoms with Gasteiger partial charge in [0.15, 0.2) is 5.65 Å². The Bertz CT molecular complexity index is 721. The van der Waals surface area contributed by atoms with E-state index in [9.17, 15) is 4.79 Å². The van der Waals surface area contributed by atoms with Gasteiger partial charge in [0, 0.05) is 43.4 Å². The van der Waals surface area contributed by atoms with Crippen molar-refractivity contribution in [2.45, 2.75) is 32.6 Å². The first-order valence-corrected chi connectivity index (χ1v) is 8.55. The molecule has 1 saturated heterocycles. The maximum absolute atomic E-state index is 12.2. The third kappa shape index (κ3) is 3.02. The molecule has 0 bridgehead atoms. The first kappa shape index (κ1) is 14.5. The van der Waals surface area contributed by atoms with Gasteiger partial charge in [-0.2, -0.15) is 9.61 Å². The summed E-state index contributed by atoms with van der Waals surface area (Å²) in [5.74, 6) is 2.19. The Kier molecular flexibility index (Phi) is 3.67. The van der Waals surface area contributed by atoms with Gasteiger partial charge in [0.2, 0.25) is 5.91 Å². The van der Waals surface area contributed by atoms with Crippen LogP contribution in [0.15, 0.2) is 18.3 Å². The number of carbonyl (C=O) groups is 1. The van der Waals surface area contributed by atoms with Crippen LogP contribution in [0.5, 0.6) is 0 Å². The van der Waals surface area contributed by atoms with Crippen molar-refractivity contribution in [1.82, 2.24) is 19.5 Å². The molecule has 23 heavy (non-hydrogen) atoms. The highest BCUT2D eigenvalue weighted by atomic mass is 16.2. The molecular formula is C17H23N5O. The van der Waals surface area contributed by atoms with Crippen molar-refractivity contribution in [2.24, 2.45) is 11.8 Å². The number of fused-ring (bicyclic) bond motifs is 1. The average Bonchev–Trinajstić information content (AvgIpc) is 3.30. The van der Waals surface area contributed by atoms with Crippen LogP contribution in [-0.2, 0) is 4.79 Å². The van der Waals surface area contributed by atoms with Crippen LogP contribution in [-0.4, -0.2) is 45.0 Å². The molecule has 0 aromatic carbocycles. The SMILES string of the molecule is Cc1cc(NC[C@@H]2CCCN(C(=O)C3CC3)C2)n2nccc2n1. The van der Waals surface area contributed by atoms with E-state index in [1.807, 2.05) is 23.6 Å². The minimum atomic E-state index is 0.327. The number of anilines is 1. The number of amides is 1. The van der Waals surface area contributed by atoms with Crippen molar-refractivity contribution in [3.8, 4) is 0 Å². The number of rotatable bonds is 4. The number of aryl methyl sites for hydroxylation is 1. The van der Waals surface area contributed by atoms with Gasteiger partial charge in [-0.1, -0.05) is 0 Å². The topological polar surface area (TPSA) is 62.5 Å². The van der Waals surface area contributed by atoms with E-state index in [2.05, 4.69) is 20.3 Å². The van der Waals surface area contributed by atoms with E-state index in [0.29, 0.717) is 17.7 Å². The summed E-state index contributed by atoms with van der Waals surface area (Å²) >= 11 is 0. The third-order valence-corrected chi connectivity index (χ3v) is 4.82. The monoisotopic (exact) mass is 313 g/mol. The Morgan fingerprint density at radius 3 is 3.09 bits per heavy atom. The van der Waals surface area contributed by atoms with Gasteiger partial charge in [0.05, 0.1) is 6.20 Å². The van der Waals surface area contributed by atoms with Crippen LogP contribution in [0.3, 0.4) is 0 Å². The zero-order valence-electron chi connectivity index (χ0n) is 13.5. The molecule has 0 unspecified atom stereocenters. The molecule has 2 aliphatic rings. The summed E-state index contributed by atoms with van der Waals surface area (Å²) in [4.78, 5) is 18.8. The number of likely N-dealkylation sites (tertiary alicyclic amines) is 1. The highest BCUT2D eigenvalue weighted by Crippen LogP contribution is 2.32. The molecule has 3 heterocycles. The van der Waals surface area contributed by atoms with Crippen LogP contribution < -0.4 is 5.32 Å². The molecule has 1 saturated carbocycles. The molecule has 1 amide bonds. The predicted octanol–water partition coefficient (Wildman–Crippen LogP) is 2.10. The molecule has 6 heteroatoms. The smallest absolute Gasteiger partial charge is 0.225 e. The van der Waals surface area contributed by atoms with Gasteiger partial charge in [0.1, 0.15) is 5.82 Å². The van der Waals surface area contributed by atoms with Crippen molar-refractivity contribution in [3.63, 3.8) is 0 Å². The van der Waals surface area contributed by atoms with E-state index in [-0.39, 0.29) is 0 Å². The van der Waals surface area contributed by atoms with E-state index < -0.39 is 0 Å². The normalized spacial score (nSPS) is 21.6. The summed E-state index contributed by atoms with van der Waals surface area (Å²) in [5.41, 5.74) is 1.84. The van der Waals surface area contributed by atoms with Crippen molar-refractivity contribution in [3.05, 3.63) is 24.0 Å². The molecule has 122 valence electrons. The molecule has 1 aliphatic carbocycles. The number of carbonyl (C=O) groups excluding carboxylic acids is 1. The standard InChI is InChI=1S/C17H23N5O/c1-12-9-16(22-15(20-12)6-7-19-22)18-10-13-3-2-8-21(11-13)17(23)14-4-5-14/h6-7,9,13-14,18H,2-5,8,10-11H2,1H3/t13-/m0/s1. The second-order valence-corrected chi connectivity index (χ2v) is 6.83. The van der Waals surface area contributed by atoms with Crippen molar-refractivity contribution < 1.29 is 4.79 Å². The lowest BCUT2D eigenvalue weighted by Crippen LogP contribution is -2.42. The zero-order valence-corrected chi connectivity index (χ0v) is 13.5. The fraction of sp³-hybridized carbons (Fsp3) is 0.588. The highest BCUT2D eigenvalue weighted by Gasteiger charge is 2.35. The molecule has 1 N–H and O–H groups in total. The molecule has 2 aromatic rings. The van der Waals surface area contributed by atoms with Gasteiger partial charge in [-0.3, -0.25) is 4.79 Å². The van der Waals surface area contributed by atoms with Crippen LogP contribution in [0.1, 0.15) is 31.4 Å². The Balaban J connectivity index is 1.41. The number of hydrogen-bond donors (Lipinski definition) is 1. The van der Waals surface area contributed by atoms with Gasteiger partial charge >= 0.3 is 0 Å². The minimum absolute atomic E-state index is 0.327. The fourth-order valence-electron chi connectivity index (χ4n) is 3.43. The zero-order chi connectivity index (χ0) is 15.8. The Morgan fingerprint density at radius 2 is 2.26 bits per heavy atom. The number of hydrogen-bond acceptors (Lipinski definition) is 4. The molecule has 6 nitrogen and oxygen atoms in total. The van der Waals surface area contributed by atoms with Crippen LogP contribution in [0.2, 0.25) is 0 Å². The fourth-order valence-corrected chi connectivity index (χ4v) is 3.43. The third-order valence-electron chi connectivity index (χ3n) is 4.82. The predicted molar refractivity (Wildman–Crippen MR) is 88.2 cm³/mol. The Morgan fingerprint density at radius 1 is 1.39 bits per heavy atom. The first-order chi connectivity index (χ1) is 11.2. The maximum atomic E-state index is 12.2. The van der Waals surface area contributed by atoms with Crippen LogP contribution >= 0.6 is 0 Å². The number of piperidine rings is 1. The molecule has 2 fully saturated rings. The average molecular weight is 313 g/mol. The Hall–Kier alpha value is -2.11. The van der Waals surface area contributed by atoms with E-state index in [4.69, 9.17) is 0 Å². The van der Waals surface area contributed by atoms with E-state index >= 15 is 0 Å².